The van der Waals surface area contributed by atoms with Gasteiger partial charge in [-0.15, -0.1) is 0 Å². The third-order valence-corrected chi connectivity index (χ3v) is 4.12. The molecule has 2 unspecified atom stereocenters. The third kappa shape index (κ3) is 4.10. The Morgan fingerprint density at radius 2 is 2.04 bits per heavy atom. The van der Waals surface area contributed by atoms with Crippen LogP contribution in [-0.4, -0.2) is 35.5 Å². The number of carbonyl (C=O) groups excluding carboxylic acids is 2. The lowest BCUT2D eigenvalue weighted by Crippen LogP contribution is -2.45. The van der Waals surface area contributed by atoms with E-state index in [1.165, 1.54) is 29.2 Å². The Balaban J connectivity index is 2.02. The van der Waals surface area contributed by atoms with Crippen LogP contribution in [-0.2, 0) is 14.4 Å². The topological polar surface area (TPSA) is 86.7 Å². The lowest BCUT2D eigenvalue weighted by molar-refractivity contribution is -0.143. The zero-order valence-electron chi connectivity index (χ0n) is 13.5. The average molecular weight is 336 g/mol. The molecule has 6 nitrogen and oxygen atoms in total. The molecule has 2 N–H and O–H groups in total. The normalized spacial score (nSPS) is 18.5. The lowest BCUT2D eigenvalue weighted by atomic mass is 10.1. The number of benzene rings is 1. The van der Waals surface area contributed by atoms with Crippen molar-refractivity contribution in [2.24, 2.45) is 5.92 Å². The Morgan fingerprint density at radius 1 is 1.38 bits per heavy atom. The molecule has 1 aromatic rings. The maximum Gasteiger partial charge on any atom is 0.326 e. The number of carbonyl (C=O) groups is 3. The number of carboxylic acids is 1. The van der Waals surface area contributed by atoms with Gasteiger partial charge in [0.25, 0.3) is 0 Å². The Morgan fingerprint density at radius 3 is 2.62 bits per heavy atom. The van der Waals surface area contributed by atoms with E-state index in [-0.39, 0.29) is 0 Å². The molecule has 0 saturated carbocycles. The summed E-state index contributed by atoms with van der Waals surface area (Å²) in [6.07, 6.45) is 2.14. The molecular formula is C17H21FN2O4. The van der Waals surface area contributed by atoms with Crippen LogP contribution in [0, 0.1) is 11.7 Å². The molecule has 1 fully saturated rings. The van der Waals surface area contributed by atoms with Crippen LogP contribution in [0.15, 0.2) is 24.3 Å². The quantitative estimate of drug-likeness (QED) is 0.745. The minimum absolute atomic E-state index is 0.308. The van der Waals surface area contributed by atoms with E-state index in [0.717, 1.165) is 6.42 Å². The minimum Gasteiger partial charge on any atom is -0.480 e. The van der Waals surface area contributed by atoms with Gasteiger partial charge in [0.15, 0.2) is 0 Å². The monoisotopic (exact) mass is 336 g/mol. The fourth-order valence-electron chi connectivity index (χ4n) is 2.74. The number of nitrogens with one attached hydrogen (secondary N) is 1. The molecule has 130 valence electrons. The van der Waals surface area contributed by atoms with Crippen molar-refractivity contribution in [1.29, 1.82) is 0 Å². The summed E-state index contributed by atoms with van der Waals surface area (Å²) < 4.78 is 13.0. The first-order chi connectivity index (χ1) is 11.4. The molecule has 0 bridgehead atoms. The molecule has 1 heterocycles. The number of rotatable bonds is 7. The van der Waals surface area contributed by atoms with Crippen LogP contribution < -0.4 is 10.2 Å². The SMILES string of the molecule is CCCCC(NC(=O)C1CCN(c2ccc(F)cc2)C1=O)C(=O)O. The second-order valence-corrected chi connectivity index (χ2v) is 5.85. The molecule has 1 aliphatic heterocycles. The van der Waals surface area contributed by atoms with Crippen molar-refractivity contribution in [3.05, 3.63) is 30.1 Å². The average Bonchev–Trinajstić information content (AvgIpc) is 2.93. The third-order valence-electron chi connectivity index (χ3n) is 4.12. The maximum atomic E-state index is 13.0. The fourth-order valence-corrected chi connectivity index (χ4v) is 2.74. The van der Waals surface area contributed by atoms with Gasteiger partial charge in [-0.05, 0) is 37.1 Å². The second-order valence-electron chi connectivity index (χ2n) is 5.85. The molecule has 0 aliphatic carbocycles. The van der Waals surface area contributed by atoms with Gasteiger partial charge < -0.3 is 15.3 Å². The first-order valence-corrected chi connectivity index (χ1v) is 8.04. The molecular weight excluding hydrogens is 315 g/mol. The predicted molar refractivity (Wildman–Crippen MR) is 86.0 cm³/mol. The number of anilines is 1. The van der Waals surface area contributed by atoms with Crippen LogP contribution in [0.25, 0.3) is 0 Å². The molecule has 2 amide bonds. The van der Waals surface area contributed by atoms with Gasteiger partial charge in [0, 0.05) is 12.2 Å². The van der Waals surface area contributed by atoms with Gasteiger partial charge in [-0.3, -0.25) is 9.59 Å². The van der Waals surface area contributed by atoms with Crippen molar-refractivity contribution >= 4 is 23.5 Å². The summed E-state index contributed by atoms with van der Waals surface area (Å²) in [4.78, 5) is 37.3. The van der Waals surface area contributed by atoms with Gasteiger partial charge >= 0.3 is 5.97 Å². The number of halogens is 1. The Hall–Kier alpha value is -2.44. The molecule has 2 rings (SSSR count). The molecule has 0 spiro atoms. The Labute approximate surface area is 139 Å². The van der Waals surface area contributed by atoms with E-state index in [1.54, 1.807) is 0 Å². The second kappa shape index (κ2) is 7.90. The number of hydrogen-bond donors (Lipinski definition) is 2. The summed E-state index contributed by atoms with van der Waals surface area (Å²) in [5.74, 6) is -3.36. The first kappa shape index (κ1) is 17.9. The van der Waals surface area contributed by atoms with Gasteiger partial charge in [-0.2, -0.15) is 0 Å². The summed E-state index contributed by atoms with van der Waals surface area (Å²) in [6, 6.07) is 4.48. The van der Waals surface area contributed by atoms with Crippen molar-refractivity contribution < 1.29 is 23.9 Å². The number of nitrogens with zero attached hydrogens (tertiary/aromatic N) is 1. The standard InChI is InChI=1S/C17H21FN2O4/c1-2-3-4-14(17(23)24)19-15(21)13-9-10-20(16(13)22)12-7-5-11(18)6-8-12/h5-8,13-14H,2-4,9-10H2,1H3,(H,19,21)(H,23,24). The molecule has 24 heavy (non-hydrogen) atoms. The van der Waals surface area contributed by atoms with Crippen molar-refractivity contribution in [2.45, 2.75) is 38.6 Å². The highest BCUT2D eigenvalue weighted by Crippen LogP contribution is 2.25. The van der Waals surface area contributed by atoms with E-state index < -0.39 is 35.6 Å². The van der Waals surface area contributed by atoms with Crippen molar-refractivity contribution in [2.75, 3.05) is 11.4 Å². The fraction of sp³-hybridized carbons (Fsp3) is 0.471. The molecule has 0 radical (unpaired) electrons. The van der Waals surface area contributed by atoms with Gasteiger partial charge in [-0.1, -0.05) is 19.8 Å². The number of carboxylic acid groups (broad SMARTS) is 1. The van der Waals surface area contributed by atoms with Crippen LogP contribution >= 0.6 is 0 Å². The Bertz CT molecular complexity index is 618. The van der Waals surface area contributed by atoms with Gasteiger partial charge in [0.1, 0.15) is 17.8 Å². The van der Waals surface area contributed by atoms with E-state index in [4.69, 9.17) is 5.11 Å². The first-order valence-electron chi connectivity index (χ1n) is 8.04. The highest BCUT2D eigenvalue weighted by atomic mass is 19.1. The zero-order chi connectivity index (χ0) is 17.7. The molecule has 1 aromatic carbocycles. The summed E-state index contributed by atoms with van der Waals surface area (Å²) >= 11 is 0. The minimum atomic E-state index is -1.10. The van der Waals surface area contributed by atoms with Crippen molar-refractivity contribution in [1.82, 2.24) is 5.32 Å². The smallest absolute Gasteiger partial charge is 0.326 e. The summed E-state index contributed by atoms with van der Waals surface area (Å²) in [5.41, 5.74) is 0.525. The van der Waals surface area contributed by atoms with Crippen LogP contribution in [0.4, 0.5) is 10.1 Å². The summed E-state index contributed by atoms with van der Waals surface area (Å²) in [6.45, 7) is 2.27. The number of aliphatic carboxylic acids is 1. The zero-order valence-corrected chi connectivity index (χ0v) is 13.5. The van der Waals surface area contributed by atoms with Gasteiger partial charge in [0.05, 0.1) is 0 Å². The number of unbranched alkanes of at least 4 members (excludes halogenated alkanes) is 1. The van der Waals surface area contributed by atoms with Crippen LogP contribution in [0.2, 0.25) is 0 Å². The van der Waals surface area contributed by atoms with E-state index >= 15 is 0 Å². The molecule has 1 saturated heterocycles. The maximum absolute atomic E-state index is 13.0. The van der Waals surface area contributed by atoms with Gasteiger partial charge in [0.2, 0.25) is 11.8 Å². The lowest BCUT2D eigenvalue weighted by Gasteiger charge is -2.18. The van der Waals surface area contributed by atoms with E-state index in [1.807, 2.05) is 6.92 Å². The number of hydrogen-bond acceptors (Lipinski definition) is 3. The van der Waals surface area contributed by atoms with E-state index in [0.29, 0.717) is 31.5 Å². The summed E-state index contributed by atoms with van der Waals surface area (Å²) in [7, 11) is 0. The van der Waals surface area contributed by atoms with Gasteiger partial charge in [-0.25, -0.2) is 9.18 Å². The van der Waals surface area contributed by atoms with Crippen LogP contribution in [0.5, 0.6) is 0 Å². The summed E-state index contributed by atoms with van der Waals surface area (Å²) in [5, 5.41) is 11.6. The highest BCUT2D eigenvalue weighted by molar-refractivity contribution is 6.10. The van der Waals surface area contributed by atoms with Crippen molar-refractivity contribution in [3.8, 4) is 0 Å². The molecule has 1 aliphatic rings. The molecule has 2 atom stereocenters. The predicted octanol–water partition coefficient (Wildman–Crippen LogP) is 1.94. The molecule has 0 aromatic heterocycles. The van der Waals surface area contributed by atoms with E-state index in [2.05, 4.69) is 5.32 Å². The van der Waals surface area contributed by atoms with E-state index in [9.17, 15) is 18.8 Å². The highest BCUT2D eigenvalue weighted by Gasteiger charge is 2.38. The molecule has 7 heteroatoms. The largest absolute Gasteiger partial charge is 0.480 e. The van der Waals surface area contributed by atoms with Crippen LogP contribution in [0.3, 0.4) is 0 Å². The van der Waals surface area contributed by atoms with Crippen molar-refractivity contribution in [3.63, 3.8) is 0 Å². The number of amides is 2. The Kier molecular flexibility index (Phi) is 5.89. The van der Waals surface area contributed by atoms with Crippen LogP contribution in [0.1, 0.15) is 32.6 Å².